The van der Waals surface area contributed by atoms with E-state index in [4.69, 9.17) is 0 Å². The molecule has 0 atom stereocenters. The van der Waals surface area contributed by atoms with Crippen LogP contribution in [0.25, 0.3) is 5.69 Å². The molecular weight excluding hydrogens is 368 g/mol. The van der Waals surface area contributed by atoms with Crippen LogP contribution < -0.4 is 5.32 Å². The number of hydrogen-bond donors (Lipinski definition) is 1. The lowest BCUT2D eigenvalue weighted by molar-refractivity contribution is 0.102. The molecule has 5 nitrogen and oxygen atoms in total. The molecule has 4 rings (SSSR count). The van der Waals surface area contributed by atoms with E-state index in [2.05, 4.69) is 15.5 Å². The quantitative estimate of drug-likeness (QED) is 0.483. The summed E-state index contributed by atoms with van der Waals surface area (Å²) in [5, 5.41) is 12.0. The van der Waals surface area contributed by atoms with Gasteiger partial charge in [0.25, 0.3) is 5.91 Å². The molecule has 0 saturated heterocycles. The van der Waals surface area contributed by atoms with Gasteiger partial charge in [0.05, 0.1) is 0 Å². The molecule has 0 saturated carbocycles. The van der Waals surface area contributed by atoms with Gasteiger partial charge >= 0.3 is 0 Å². The van der Waals surface area contributed by atoms with Crippen LogP contribution in [-0.4, -0.2) is 20.7 Å². The van der Waals surface area contributed by atoms with Gasteiger partial charge in [-0.25, -0.2) is 0 Å². The van der Waals surface area contributed by atoms with Crippen LogP contribution in [0.15, 0.2) is 96.4 Å². The number of aromatic nitrogens is 3. The smallest absolute Gasteiger partial charge is 0.255 e. The first kappa shape index (κ1) is 18.0. The molecule has 0 aliphatic heterocycles. The second kappa shape index (κ2) is 8.54. The zero-order chi connectivity index (χ0) is 19.2. The summed E-state index contributed by atoms with van der Waals surface area (Å²) in [5.41, 5.74) is 3.56. The summed E-state index contributed by atoms with van der Waals surface area (Å²) in [6, 6.07) is 27.1. The van der Waals surface area contributed by atoms with Gasteiger partial charge in [-0.05, 0) is 42.0 Å². The highest BCUT2D eigenvalue weighted by atomic mass is 32.2. The van der Waals surface area contributed by atoms with E-state index in [1.165, 1.54) is 0 Å². The Balaban J connectivity index is 1.39. The van der Waals surface area contributed by atoms with E-state index in [0.717, 1.165) is 27.8 Å². The molecule has 1 heterocycles. The monoisotopic (exact) mass is 386 g/mol. The standard InChI is InChI=1S/C22H18N4OS/c27-21(24-19-7-3-1-4-8-19)18-13-11-17(12-14-18)15-28-22-25-23-16-26(22)20-9-5-2-6-10-20/h1-14,16H,15H2,(H,24,27). The first-order chi connectivity index (χ1) is 13.8. The van der Waals surface area contributed by atoms with Gasteiger partial charge in [0.15, 0.2) is 5.16 Å². The van der Waals surface area contributed by atoms with Crippen molar-refractivity contribution in [2.45, 2.75) is 10.9 Å². The van der Waals surface area contributed by atoms with Crippen molar-refractivity contribution in [3.8, 4) is 5.69 Å². The molecule has 0 bridgehead atoms. The number of nitrogens with one attached hydrogen (secondary N) is 1. The highest BCUT2D eigenvalue weighted by Crippen LogP contribution is 2.23. The molecule has 4 aromatic rings. The number of para-hydroxylation sites is 2. The van der Waals surface area contributed by atoms with E-state index in [1.54, 1.807) is 18.1 Å². The van der Waals surface area contributed by atoms with Gasteiger partial charge < -0.3 is 5.32 Å². The molecule has 0 aliphatic carbocycles. The molecule has 6 heteroatoms. The number of thioether (sulfide) groups is 1. The van der Waals surface area contributed by atoms with Crippen LogP contribution in [0.3, 0.4) is 0 Å². The van der Waals surface area contributed by atoms with Gasteiger partial charge in [-0.15, -0.1) is 10.2 Å². The molecule has 1 amide bonds. The van der Waals surface area contributed by atoms with Gasteiger partial charge in [0.2, 0.25) is 0 Å². The Morgan fingerprint density at radius 1 is 0.893 bits per heavy atom. The second-order valence-electron chi connectivity index (χ2n) is 6.12. The first-order valence-corrected chi connectivity index (χ1v) is 9.82. The molecular formula is C22H18N4OS. The highest BCUT2D eigenvalue weighted by Gasteiger charge is 2.09. The van der Waals surface area contributed by atoms with Crippen molar-refractivity contribution >= 4 is 23.4 Å². The summed E-state index contributed by atoms with van der Waals surface area (Å²) in [6.45, 7) is 0. The van der Waals surface area contributed by atoms with Crippen LogP contribution in [0.1, 0.15) is 15.9 Å². The summed E-state index contributed by atoms with van der Waals surface area (Å²) >= 11 is 1.61. The van der Waals surface area contributed by atoms with E-state index in [1.807, 2.05) is 89.5 Å². The topological polar surface area (TPSA) is 59.8 Å². The molecule has 0 unspecified atom stereocenters. The number of amides is 1. The van der Waals surface area contributed by atoms with E-state index >= 15 is 0 Å². The third kappa shape index (κ3) is 4.29. The Morgan fingerprint density at radius 2 is 1.57 bits per heavy atom. The Labute approximate surface area is 167 Å². The summed E-state index contributed by atoms with van der Waals surface area (Å²) in [5.74, 6) is 0.626. The van der Waals surface area contributed by atoms with Crippen LogP contribution in [0.5, 0.6) is 0 Å². The molecule has 0 radical (unpaired) electrons. The Morgan fingerprint density at radius 3 is 2.29 bits per heavy atom. The number of anilines is 1. The van der Waals surface area contributed by atoms with Crippen molar-refractivity contribution in [3.05, 3.63) is 102 Å². The Kier molecular flexibility index (Phi) is 5.49. The molecule has 1 N–H and O–H groups in total. The third-order valence-electron chi connectivity index (χ3n) is 4.17. The SMILES string of the molecule is O=C(Nc1ccccc1)c1ccc(CSc2nncn2-c2ccccc2)cc1. The van der Waals surface area contributed by atoms with Crippen molar-refractivity contribution in [1.82, 2.24) is 14.8 Å². The van der Waals surface area contributed by atoms with Crippen molar-refractivity contribution in [2.24, 2.45) is 0 Å². The average molecular weight is 386 g/mol. The number of benzene rings is 3. The maximum Gasteiger partial charge on any atom is 0.255 e. The fourth-order valence-corrected chi connectivity index (χ4v) is 3.60. The minimum atomic E-state index is -0.116. The number of carbonyl (C=O) groups excluding carboxylic acids is 1. The Hall–Kier alpha value is -3.38. The second-order valence-corrected chi connectivity index (χ2v) is 7.07. The lowest BCUT2D eigenvalue weighted by Crippen LogP contribution is -2.11. The maximum absolute atomic E-state index is 12.3. The summed E-state index contributed by atoms with van der Waals surface area (Å²) in [4.78, 5) is 12.3. The van der Waals surface area contributed by atoms with Crippen LogP contribution in [0, 0.1) is 0 Å². The molecule has 138 valence electrons. The van der Waals surface area contributed by atoms with Crippen molar-refractivity contribution in [3.63, 3.8) is 0 Å². The molecule has 1 aromatic heterocycles. The summed E-state index contributed by atoms with van der Waals surface area (Å²) in [6.07, 6.45) is 1.72. The number of hydrogen-bond acceptors (Lipinski definition) is 4. The van der Waals surface area contributed by atoms with Crippen LogP contribution in [0.4, 0.5) is 5.69 Å². The Bertz CT molecular complexity index is 1050. The largest absolute Gasteiger partial charge is 0.322 e. The summed E-state index contributed by atoms with van der Waals surface area (Å²) in [7, 11) is 0. The van der Waals surface area contributed by atoms with Gasteiger partial charge in [-0.3, -0.25) is 9.36 Å². The average Bonchev–Trinajstić information content (AvgIpc) is 3.23. The van der Waals surface area contributed by atoms with E-state index in [0.29, 0.717) is 5.56 Å². The van der Waals surface area contributed by atoms with Crippen LogP contribution >= 0.6 is 11.8 Å². The molecule has 0 aliphatic rings. The molecule has 28 heavy (non-hydrogen) atoms. The zero-order valence-corrected chi connectivity index (χ0v) is 15.8. The first-order valence-electron chi connectivity index (χ1n) is 8.83. The van der Waals surface area contributed by atoms with Gasteiger partial charge in [-0.2, -0.15) is 0 Å². The lowest BCUT2D eigenvalue weighted by Gasteiger charge is -2.07. The third-order valence-corrected chi connectivity index (χ3v) is 5.18. The molecule has 3 aromatic carbocycles. The van der Waals surface area contributed by atoms with Crippen molar-refractivity contribution < 1.29 is 4.79 Å². The van der Waals surface area contributed by atoms with Gasteiger partial charge in [-0.1, -0.05) is 60.3 Å². The molecule has 0 fully saturated rings. The number of carbonyl (C=O) groups is 1. The fourth-order valence-electron chi connectivity index (χ4n) is 2.71. The predicted molar refractivity (Wildman–Crippen MR) is 112 cm³/mol. The van der Waals surface area contributed by atoms with Gasteiger partial charge in [0, 0.05) is 22.7 Å². The minimum absolute atomic E-state index is 0.116. The summed E-state index contributed by atoms with van der Waals surface area (Å²) < 4.78 is 1.96. The van der Waals surface area contributed by atoms with Crippen molar-refractivity contribution in [2.75, 3.05) is 5.32 Å². The highest BCUT2D eigenvalue weighted by molar-refractivity contribution is 7.98. The predicted octanol–water partition coefficient (Wildman–Crippen LogP) is 4.81. The van der Waals surface area contributed by atoms with E-state index in [9.17, 15) is 4.79 Å². The molecule has 0 spiro atoms. The fraction of sp³-hybridized carbons (Fsp3) is 0.0455. The van der Waals surface area contributed by atoms with Crippen LogP contribution in [0.2, 0.25) is 0 Å². The normalized spacial score (nSPS) is 10.6. The maximum atomic E-state index is 12.3. The van der Waals surface area contributed by atoms with Gasteiger partial charge in [0.1, 0.15) is 6.33 Å². The number of nitrogens with zero attached hydrogens (tertiary/aromatic N) is 3. The van der Waals surface area contributed by atoms with E-state index in [-0.39, 0.29) is 5.91 Å². The van der Waals surface area contributed by atoms with Crippen molar-refractivity contribution in [1.29, 1.82) is 0 Å². The minimum Gasteiger partial charge on any atom is -0.322 e. The number of rotatable bonds is 6. The zero-order valence-electron chi connectivity index (χ0n) is 15.0. The lowest BCUT2D eigenvalue weighted by atomic mass is 10.1. The van der Waals surface area contributed by atoms with E-state index < -0.39 is 0 Å². The van der Waals surface area contributed by atoms with Crippen LogP contribution in [-0.2, 0) is 5.75 Å².